The quantitative estimate of drug-likeness (QED) is 0.489. The second-order valence-corrected chi connectivity index (χ2v) is 12.3. The molecule has 2 saturated carbocycles. The normalized spacial score (nSPS) is 22.6. The highest BCUT2D eigenvalue weighted by atomic mass is 16.6. The second-order valence-electron chi connectivity index (χ2n) is 12.3. The van der Waals surface area contributed by atoms with Gasteiger partial charge in [-0.1, -0.05) is 7.43 Å². The maximum atomic E-state index is 11.8. The van der Waals surface area contributed by atoms with Gasteiger partial charge < -0.3 is 35.4 Å². The van der Waals surface area contributed by atoms with Crippen molar-refractivity contribution in [2.45, 2.75) is 111 Å². The predicted molar refractivity (Wildman–Crippen MR) is 145 cm³/mol. The molecule has 4 N–H and O–H groups in total. The topological polar surface area (TPSA) is 152 Å². The monoisotopic (exact) mass is 542 g/mol. The van der Waals surface area contributed by atoms with Gasteiger partial charge >= 0.3 is 18.2 Å². The van der Waals surface area contributed by atoms with Crippen LogP contribution in [0.1, 0.15) is 87.5 Å². The number of likely N-dealkylation sites (tertiary alicyclic amines) is 2. The number of rotatable bonds is 3. The summed E-state index contributed by atoms with van der Waals surface area (Å²) in [5, 5.41) is 11.1. The van der Waals surface area contributed by atoms with E-state index in [1.807, 2.05) is 41.5 Å². The van der Waals surface area contributed by atoms with E-state index in [2.05, 4.69) is 5.32 Å². The Hall–Kier alpha value is -2.56. The molecule has 4 fully saturated rings. The van der Waals surface area contributed by atoms with Crippen molar-refractivity contribution >= 4 is 24.1 Å². The fraction of sp³-hybridized carbons (Fsp3) is 0.852. The van der Waals surface area contributed by atoms with Crippen molar-refractivity contribution in [2.75, 3.05) is 26.2 Å². The third kappa shape index (κ3) is 13.3. The molecule has 4 aliphatic rings. The number of hydrogen-bond acceptors (Lipinski definition) is 7. The van der Waals surface area contributed by atoms with E-state index in [4.69, 9.17) is 20.3 Å². The van der Waals surface area contributed by atoms with Crippen LogP contribution in [0.15, 0.2) is 0 Å². The number of carboxylic acids is 1. The van der Waals surface area contributed by atoms with Crippen LogP contribution in [0.2, 0.25) is 0 Å². The molecule has 220 valence electrons. The summed E-state index contributed by atoms with van der Waals surface area (Å²) in [6, 6.07) is 0.207. The van der Waals surface area contributed by atoms with Crippen molar-refractivity contribution in [2.24, 2.45) is 17.6 Å². The zero-order valence-corrected chi connectivity index (χ0v) is 23.2. The summed E-state index contributed by atoms with van der Waals surface area (Å²) in [7, 11) is 0. The Morgan fingerprint density at radius 3 is 1.55 bits per heavy atom. The summed E-state index contributed by atoms with van der Waals surface area (Å²) < 4.78 is 10.5. The number of hydrogen-bond donors (Lipinski definition) is 3. The first-order valence-electron chi connectivity index (χ1n) is 13.3. The van der Waals surface area contributed by atoms with Crippen molar-refractivity contribution in [1.29, 1.82) is 0 Å². The van der Waals surface area contributed by atoms with Gasteiger partial charge in [0.25, 0.3) is 0 Å². The molecule has 0 aromatic rings. The average molecular weight is 543 g/mol. The van der Waals surface area contributed by atoms with Crippen molar-refractivity contribution in [3.63, 3.8) is 0 Å². The zero-order valence-electron chi connectivity index (χ0n) is 23.2. The van der Waals surface area contributed by atoms with Crippen LogP contribution in [0.3, 0.4) is 0 Å². The van der Waals surface area contributed by atoms with Crippen LogP contribution in [-0.4, -0.2) is 88.4 Å². The lowest BCUT2D eigenvalue weighted by atomic mass is 10.2. The Morgan fingerprint density at radius 1 is 0.763 bits per heavy atom. The number of nitrogens with one attached hydrogen (secondary N) is 1. The van der Waals surface area contributed by atoms with Gasteiger partial charge in [-0.25, -0.2) is 9.59 Å². The number of carbonyl (C=O) groups excluding carboxylic acids is 3. The second kappa shape index (κ2) is 14.0. The highest BCUT2D eigenvalue weighted by Crippen LogP contribution is 2.29. The summed E-state index contributed by atoms with van der Waals surface area (Å²) in [4.78, 5) is 48.0. The molecule has 0 unspecified atom stereocenters. The fourth-order valence-electron chi connectivity index (χ4n) is 3.64. The number of nitrogens with zero attached hydrogens (tertiary/aromatic N) is 2. The van der Waals surface area contributed by atoms with E-state index in [0.717, 1.165) is 45.1 Å². The number of aliphatic carboxylic acids is 1. The van der Waals surface area contributed by atoms with Crippen molar-refractivity contribution in [3.8, 4) is 0 Å². The lowest BCUT2D eigenvalue weighted by Crippen LogP contribution is -2.40. The molecule has 2 heterocycles. The molecule has 2 saturated heterocycles. The van der Waals surface area contributed by atoms with Gasteiger partial charge in [-0.2, -0.15) is 0 Å². The zero-order chi connectivity index (χ0) is 28.0. The molecule has 2 atom stereocenters. The number of nitrogens with two attached hydrogens (primary N) is 1. The minimum absolute atomic E-state index is 0. The van der Waals surface area contributed by atoms with E-state index < -0.39 is 17.2 Å². The standard InChI is InChI=1S/C13H22N2O3.C9H18N2O2.C4H6O2.CH4/c1-13(2,3)18-12(17)15-7-6-10(8-15)14-11(16)9-4-5-9;1-9(2,3)13-8(12)11-5-4-7(10)6-11;5-4(6)3-1-2-3;/h9-10H,4-8H2,1-3H3,(H,14,16);7H,4-6,10H2,1-3H3;3H,1-2H2,(H,5,6);1H4/t10-;7-;;/m00../s1. The lowest BCUT2D eigenvalue weighted by Gasteiger charge is -2.24. The maximum Gasteiger partial charge on any atom is 0.410 e. The smallest absolute Gasteiger partial charge is 0.410 e. The third-order valence-corrected chi connectivity index (χ3v) is 5.94. The van der Waals surface area contributed by atoms with E-state index in [0.29, 0.717) is 19.6 Å². The van der Waals surface area contributed by atoms with Crippen LogP contribution < -0.4 is 11.1 Å². The van der Waals surface area contributed by atoms with Gasteiger partial charge in [0.15, 0.2) is 0 Å². The fourth-order valence-corrected chi connectivity index (χ4v) is 3.64. The van der Waals surface area contributed by atoms with Gasteiger partial charge in [-0.3, -0.25) is 9.59 Å². The van der Waals surface area contributed by atoms with E-state index in [9.17, 15) is 19.2 Å². The predicted octanol–water partition coefficient (Wildman–Crippen LogP) is 3.59. The number of carbonyl (C=O) groups is 4. The van der Waals surface area contributed by atoms with Crippen LogP contribution >= 0.6 is 0 Å². The molecule has 0 spiro atoms. The minimum Gasteiger partial charge on any atom is -0.481 e. The molecule has 0 radical (unpaired) electrons. The van der Waals surface area contributed by atoms with Gasteiger partial charge in [0.1, 0.15) is 11.2 Å². The molecule has 0 bridgehead atoms. The van der Waals surface area contributed by atoms with Crippen LogP contribution in [0.4, 0.5) is 9.59 Å². The van der Waals surface area contributed by atoms with Crippen molar-refractivity contribution in [3.05, 3.63) is 0 Å². The molecule has 3 amide bonds. The molecule has 0 aromatic heterocycles. The molecule has 2 aliphatic carbocycles. The molecule has 0 aromatic carbocycles. The van der Waals surface area contributed by atoms with E-state index >= 15 is 0 Å². The highest BCUT2D eigenvalue weighted by molar-refractivity contribution is 5.81. The Bertz CT molecular complexity index is 813. The van der Waals surface area contributed by atoms with Crippen LogP contribution in [0.5, 0.6) is 0 Å². The summed E-state index contributed by atoms with van der Waals surface area (Å²) in [5.74, 6) is -0.244. The van der Waals surface area contributed by atoms with Gasteiger partial charge in [-0.15, -0.1) is 0 Å². The first-order valence-corrected chi connectivity index (χ1v) is 13.3. The first-order chi connectivity index (χ1) is 17.0. The molecule has 2 aliphatic heterocycles. The average Bonchev–Trinajstić information content (AvgIpc) is 3.67. The third-order valence-electron chi connectivity index (χ3n) is 5.94. The summed E-state index contributed by atoms with van der Waals surface area (Å²) >= 11 is 0. The molecule has 38 heavy (non-hydrogen) atoms. The Morgan fingerprint density at radius 2 is 1.21 bits per heavy atom. The molecule has 11 nitrogen and oxygen atoms in total. The molecule has 4 rings (SSSR count). The van der Waals surface area contributed by atoms with Gasteiger partial charge in [-0.05, 0) is 80.1 Å². The van der Waals surface area contributed by atoms with Gasteiger partial charge in [0.2, 0.25) is 5.91 Å². The number of amides is 3. The highest BCUT2D eigenvalue weighted by Gasteiger charge is 2.35. The Kier molecular flexibility index (Phi) is 12.3. The first kappa shape index (κ1) is 33.5. The van der Waals surface area contributed by atoms with Crippen LogP contribution in [-0.2, 0) is 19.1 Å². The molecule has 11 heteroatoms. The van der Waals surface area contributed by atoms with Gasteiger partial charge in [0.05, 0.1) is 5.92 Å². The van der Waals surface area contributed by atoms with Crippen molar-refractivity contribution in [1.82, 2.24) is 15.1 Å². The molecular weight excluding hydrogens is 492 g/mol. The minimum atomic E-state index is -0.630. The summed E-state index contributed by atoms with van der Waals surface area (Å²) in [5.41, 5.74) is 4.80. The number of ether oxygens (including phenoxy) is 2. The van der Waals surface area contributed by atoms with Gasteiger partial charge in [0, 0.05) is 44.2 Å². The Balaban J connectivity index is 0.000000315. The number of carboxylic acid groups (broad SMARTS) is 1. The largest absolute Gasteiger partial charge is 0.481 e. The summed E-state index contributed by atoms with van der Waals surface area (Å²) in [6.45, 7) is 13.7. The van der Waals surface area contributed by atoms with E-state index in [1.54, 1.807) is 9.80 Å². The van der Waals surface area contributed by atoms with E-state index in [1.165, 1.54) is 0 Å². The SMILES string of the molecule is C.CC(C)(C)OC(=O)N1CC[C@H](N)C1.CC(C)(C)OC(=O)N1CC[C@H](NC(=O)C2CC2)C1.O=C(O)C1CC1. The Labute approximate surface area is 227 Å². The van der Waals surface area contributed by atoms with E-state index in [-0.39, 0.29) is 49.4 Å². The van der Waals surface area contributed by atoms with Crippen LogP contribution in [0.25, 0.3) is 0 Å². The van der Waals surface area contributed by atoms with Crippen molar-refractivity contribution < 1.29 is 33.8 Å². The molecular formula is C27H50N4O7. The summed E-state index contributed by atoms with van der Waals surface area (Å²) in [6.07, 6.45) is 4.97. The maximum absolute atomic E-state index is 11.8. The van der Waals surface area contributed by atoms with Crippen LogP contribution in [0, 0.1) is 11.8 Å². The lowest BCUT2D eigenvalue weighted by molar-refractivity contribution is -0.138.